The van der Waals surface area contributed by atoms with Gasteiger partial charge in [0.1, 0.15) is 0 Å². The monoisotopic (exact) mass is 488 g/mol. The van der Waals surface area contributed by atoms with Crippen molar-refractivity contribution in [2.75, 3.05) is 10.2 Å². The van der Waals surface area contributed by atoms with Gasteiger partial charge in [-0.15, -0.1) is 23.1 Å². The maximum atomic E-state index is 13.7. The van der Waals surface area contributed by atoms with Crippen molar-refractivity contribution in [3.05, 3.63) is 95.2 Å². The number of nitrogens with one attached hydrogen (secondary N) is 1. The molecule has 1 aromatic heterocycles. The molecule has 2 amide bonds. The normalized spacial score (nSPS) is 13.1. The van der Waals surface area contributed by atoms with Gasteiger partial charge in [-0.1, -0.05) is 48.2 Å². The highest BCUT2D eigenvalue weighted by Gasteiger charge is 2.31. The van der Waals surface area contributed by atoms with Crippen LogP contribution in [0.15, 0.2) is 105 Å². The van der Waals surface area contributed by atoms with Crippen LogP contribution in [0.3, 0.4) is 0 Å². The molecule has 3 aromatic carbocycles. The zero-order valence-electron chi connectivity index (χ0n) is 17.7. The zero-order chi connectivity index (χ0) is 22.8. The first-order valence-electron chi connectivity index (χ1n) is 10.4. The largest absolute Gasteiger partial charge is 0.321 e. The third-order valence-electron chi connectivity index (χ3n) is 5.15. The Morgan fingerprint density at radius 3 is 2.24 bits per heavy atom. The van der Waals surface area contributed by atoms with Crippen molar-refractivity contribution in [3.63, 3.8) is 0 Å². The fourth-order valence-electron chi connectivity index (χ4n) is 3.63. The van der Waals surface area contributed by atoms with E-state index in [9.17, 15) is 9.59 Å². The van der Waals surface area contributed by atoms with Crippen LogP contribution < -0.4 is 10.2 Å². The zero-order valence-corrected chi connectivity index (χ0v) is 20.2. The summed E-state index contributed by atoms with van der Waals surface area (Å²) in [5.74, 6) is -0.108. The highest BCUT2D eigenvalue weighted by atomic mass is 32.2. The van der Waals surface area contributed by atoms with Crippen LogP contribution in [0.4, 0.5) is 17.1 Å². The average Bonchev–Trinajstić information content (AvgIpc) is 3.37. The number of carbonyl (C=O) groups is 2. The Labute approximate surface area is 205 Å². The highest BCUT2D eigenvalue weighted by molar-refractivity contribution is 8.00. The molecule has 0 saturated heterocycles. The second kappa shape index (κ2) is 9.47. The molecule has 0 spiro atoms. The molecule has 4 nitrogen and oxygen atoms in total. The number of anilines is 3. The Bertz CT molecular complexity index is 1280. The minimum absolute atomic E-state index is 0.0215. The van der Waals surface area contributed by atoms with Gasteiger partial charge in [0, 0.05) is 20.4 Å². The molecule has 1 N–H and O–H groups in total. The fourth-order valence-corrected chi connectivity index (χ4v) is 6.27. The van der Waals surface area contributed by atoms with Gasteiger partial charge in [-0.05, 0) is 60.8 Å². The third-order valence-corrected chi connectivity index (χ3v) is 8.23. The van der Waals surface area contributed by atoms with E-state index < -0.39 is 0 Å². The molecular weight excluding hydrogens is 468 g/mol. The molecule has 164 valence electrons. The number of para-hydroxylation sites is 2. The van der Waals surface area contributed by atoms with Gasteiger partial charge in [-0.3, -0.25) is 14.5 Å². The number of rotatable bonds is 5. The number of thioether (sulfide) groups is 1. The smallest absolute Gasteiger partial charge is 0.265 e. The van der Waals surface area contributed by atoms with E-state index in [1.807, 2.05) is 96.1 Å². The Morgan fingerprint density at radius 2 is 1.58 bits per heavy atom. The molecule has 1 aliphatic rings. The van der Waals surface area contributed by atoms with E-state index in [0.29, 0.717) is 10.6 Å². The summed E-state index contributed by atoms with van der Waals surface area (Å²) in [6, 6.07) is 27.3. The number of fused-ring (bicyclic) bond motifs is 2. The molecule has 1 atom stereocenters. The Balaban J connectivity index is 1.37. The van der Waals surface area contributed by atoms with Gasteiger partial charge in [-0.2, -0.15) is 0 Å². The Morgan fingerprint density at radius 1 is 0.879 bits per heavy atom. The molecular formula is C26H20N2O2S3. The Hall–Kier alpha value is -3.00. The lowest BCUT2D eigenvalue weighted by Crippen LogP contribution is -2.34. The predicted molar refractivity (Wildman–Crippen MR) is 138 cm³/mol. The minimum Gasteiger partial charge on any atom is -0.321 e. The Kier molecular flexibility index (Phi) is 6.26. The van der Waals surface area contributed by atoms with E-state index in [1.165, 1.54) is 23.1 Å². The van der Waals surface area contributed by atoms with E-state index in [1.54, 1.807) is 17.8 Å². The van der Waals surface area contributed by atoms with Crippen molar-refractivity contribution in [2.45, 2.75) is 26.9 Å². The van der Waals surface area contributed by atoms with Crippen molar-refractivity contribution < 1.29 is 9.59 Å². The molecule has 0 bridgehead atoms. The molecule has 0 aliphatic carbocycles. The standard InChI is InChI=1S/C26H20N2O2S3/c1-17(32-19-9-6-8-18(16-19)27-25(29)24-14-7-15-31-24)26(30)28-20-10-2-4-12-22(20)33-23-13-5-3-11-21(23)28/h2-17H,1H3,(H,27,29). The van der Waals surface area contributed by atoms with Gasteiger partial charge in [-0.25, -0.2) is 0 Å². The number of benzene rings is 3. The SMILES string of the molecule is CC(Sc1cccc(NC(=O)c2cccs2)c1)C(=O)N1c2ccccc2Sc2ccccc21. The number of hydrogen-bond acceptors (Lipinski definition) is 5. The molecule has 0 fully saturated rings. The van der Waals surface area contributed by atoms with E-state index in [2.05, 4.69) is 5.32 Å². The highest BCUT2D eigenvalue weighted by Crippen LogP contribution is 2.48. The lowest BCUT2D eigenvalue weighted by atomic mass is 10.2. The second-order valence-corrected chi connectivity index (χ2v) is 10.9. The van der Waals surface area contributed by atoms with Gasteiger partial charge in [0.2, 0.25) is 5.91 Å². The lowest BCUT2D eigenvalue weighted by Gasteiger charge is -2.32. The third kappa shape index (κ3) is 4.57. The number of carbonyl (C=O) groups excluding carboxylic acids is 2. The maximum absolute atomic E-state index is 13.7. The summed E-state index contributed by atoms with van der Waals surface area (Å²) in [4.78, 5) is 31.6. The first-order valence-corrected chi connectivity index (χ1v) is 13.0. The summed E-state index contributed by atoms with van der Waals surface area (Å²) in [6.45, 7) is 1.93. The van der Waals surface area contributed by atoms with E-state index in [-0.39, 0.29) is 17.1 Å². The summed E-state index contributed by atoms with van der Waals surface area (Å²) >= 11 is 4.58. The van der Waals surface area contributed by atoms with Crippen LogP contribution >= 0.6 is 34.9 Å². The lowest BCUT2D eigenvalue weighted by molar-refractivity contribution is -0.117. The molecule has 5 rings (SSSR count). The van der Waals surface area contributed by atoms with Gasteiger partial charge in [0.05, 0.1) is 21.5 Å². The van der Waals surface area contributed by atoms with Crippen LogP contribution in [0.2, 0.25) is 0 Å². The van der Waals surface area contributed by atoms with Crippen LogP contribution in [-0.2, 0) is 4.79 Å². The number of amides is 2. The molecule has 7 heteroatoms. The van der Waals surface area contributed by atoms with E-state index >= 15 is 0 Å². The van der Waals surface area contributed by atoms with Gasteiger partial charge in [0.25, 0.3) is 5.91 Å². The summed E-state index contributed by atoms with van der Waals surface area (Å²) in [7, 11) is 0. The minimum atomic E-state index is -0.322. The predicted octanol–water partition coefficient (Wildman–Crippen LogP) is 7.31. The first-order chi connectivity index (χ1) is 16.1. The summed E-state index contributed by atoms with van der Waals surface area (Å²) in [5.41, 5.74) is 2.54. The molecule has 0 radical (unpaired) electrons. The molecule has 1 aliphatic heterocycles. The molecule has 0 saturated carbocycles. The van der Waals surface area contributed by atoms with Crippen LogP contribution in [0.5, 0.6) is 0 Å². The van der Waals surface area contributed by atoms with Crippen LogP contribution in [0.1, 0.15) is 16.6 Å². The summed E-state index contributed by atoms with van der Waals surface area (Å²) < 4.78 is 0. The molecule has 4 aromatic rings. The van der Waals surface area contributed by atoms with Crippen LogP contribution in [0.25, 0.3) is 0 Å². The van der Waals surface area contributed by atoms with Crippen LogP contribution in [-0.4, -0.2) is 17.1 Å². The van der Waals surface area contributed by atoms with Gasteiger partial charge in [0.15, 0.2) is 0 Å². The van der Waals surface area contributed by atoms with Crippen molar-refractivity contribution in [2.24, 2.45) is 0 Å². The van der Waals surface area contributed by atoms with Crippen molar-refractivity contribution >= 4 is 63.7 Å². The van der Waals surface area contributed by atoms with E-state index in [0.717, 1.165) is 26.1 Å². The second-order valence-electron chi connectivity index (χ2n) is 7.43. The molecule has 1 unspecified atom stereocenters. The molecule has 2 heterocycles. The topological polar surface area (TPSA) is 49.4 Å². The van der Waals surface area contributed by atoms with Crippen LogP contribution in [0, 0.1) is 0 Å². The molecule has 33 heavy (non-hydrogen) atoms. The van der Waals surface area contributed by atoms with Gasteiger partial charge < -0.3 is 5.32 Å². The fraction of sp³-hybridized carbons (Fsp3) is 0.0769. The number of hydrogen-bond donors (Lipinski definition) is 1. The maximum Gasteiger partial charge on any atom is 0.265 e. The van der Waals surface area contributed by atoms with E-state index in [4.69, 9.17) is 0 Å². The van der Waals surface area contributed by atoms with Crippen molar-refractivity contribution in [3.8, 4) is 0 Å². The quantitative estimate of drug-likeness (QED) is 0.299. The van der Waals surface area contributed by atoms with Gasteiger partial charge >= 0.3 is 0 Å². The number of nitrogens with zero attached hydrogens (tertiary/aromatic N) is 1. The average molecular weight is 489 g/mol. The van der Waals surface area contributed by atoms with Crippen molar-refractivity contribution in [1.29, 1.82) is 0 Å². The number of thiophene rings is 1. The first kappa shape index (κ1) is 21.8. The summed E-state index contributed by atoms with van der Waals surface area (Å²) in [5, 5.41) is 4.49. The summed E-state index contributed by atoms with van der Waals surface area (Å²) in [6.07, 6.45) is 0. The van der Waals surface area contributed by atoms with Crippen molar-refractivity contribution in [1.82, 2.24) is 0 Å².